The average Bonchev–Trinajstić information content (AvgIpc) is 3.67. The number of aliphatic hydroxyl groups is 1. The van der Waals surface area contributed by atoms with Crippen molar-refractivity contribution in [2.24, 2.45) is 0 Å². The fourth-order valence-electron chi connectivity index (χ4n) is 4.71. The van der Waals surface area contributed by atoms with E-state index in [4.69, 9.17) is 35.0 Å². The fraction of sp³-hybridized carbons (Fsp3) is 0.214. The summed E-state index contributed by atoms with van der Waals surface area (Å²) in [5, 5.41) is 13.9. The van der Waals surface area contributed by atoms with Crippen LogP contribution in [0.15, 0.2) is 63.6 Å². The zero-order chi connectivity index (χ0) is 27.8. The molecule has 0 fully saturated rings. The SMILES string of the molecule is COc1cc(C2C(C(=O)c3cc4cc(Cl)cc(OC)c4o3)=C(O)C(=O)N2Cc2cccs2)cc(OC)c1OC. The highest BCUT2D eigenvalue weighted by atomic mass is 35.5. The third kappa shape index (κ3) is 4.55. The second-order valence-electron chi connectivity index (χ2n) is 8.60. The minimum absolute atomic E-state index is 0.0877. The second-order valence-corrected chi connectivity index (χ2v) is 10.1. The number of ketones is 1. The number of hydrogen-bond acceptors (Lipinski definition) is 9. The van der Waals surface area contributed by atoms with Gasteiger partial charge in [-0.2, -0.15) is 0 Å². The Bertz CT molecular complexity index is 1580. The van der Waals surface area contributed by atoms with Crippen LogP contribution in [-0.4, -0.2) is 50.1 Å². The van der Waals surface area contributed by atoms with E-state index in [0.29, 0.717) is 44.6 Å². The van der Waals surface area contributed by atoms with E-state index in [1.807, 2.05) is 17.5 Å². The number of amides is 1. The van der Waals surface area contributed by atoms with E-state index >= 15 is 0 Å². The molecule has 2 aromatic heterocycles. The largest absolute Gasteiger partial charge is 0.503 e. The lowest BCUT2D eigenvalue weighted by atomic mass is 9.94. The minimum atomic E-state index is -0.987. The first-order chi connectivity index (χ1) is 18.8. The summed E-state index contributed by atoms with van der Waals surface area (Å²) in [5.41, 5.74) is 0.642. The van der Waals surface area contributed by atoms with Crippen LogP contribution in [0.2, 0.25) is 5.02 Å². The number of furan rings is 1. The highest BCUT2D eigenvalue weighted by Crippen LogP contribution is 2.46. The molecule has 2 aromatic carbocycles. The van der Waals surface area contributed by atoms with Crippen molar-refractivity contribution in [3.05, 3.63) is 80.4 Å². The summed E-state index contributed by atoms with van der Waals surface area (Å²) in [6.45, 7) is 0.155. The molecule has 3 heterocycles. The quantitative estimate of drug-likeness (QED) is 0.246. The Morgan fingerprint density at radius 2 is 1.72 bits per heavy atom. The number of thiophene rings is 1. The van der Waals surface area contributed by atoms with Gasteiger partial charge in [-0.15, -0.1) is 11.3 Å². The number of hydrogen-bond donors (Lipinski definition) is 1. The van der Waals surface area contributed by atoms with Crippen LogP contribution in [0.5, 0.6) is 23.0 Å². The molecule has 0 spiro atoms. The zero-order valence-electron chi connectivity index (χ0n) is 21.4. The lowest BCUT2D eigenvalue weighted by Gasteiger charge is -2.27. The van der Waals surface area contributed by atoms with Crippen LogP contribution in [0.1, 0.15) is 27.0 Å². The molecule has 202 valence electrons. The summed E-state index contributed by atoms with van der Waals surface area (Å²) in [6.07, 6.45) is 0. The van der Waals surface area contributed by atoms with Gasteiger partial charge in [0.25, 0.3) is 5.91 Å². The van der Waals surface area contributed by atoms with Crippen LogP contribution < -0.4 is 18.9 Å². The number of halogens is 1. The first-order valence-corrected chi connectivity index (χ1v) is 12.9. The Morgan fingerprint density at radius 3 is 2.31 bits per heavy atom. The highest BCUT2D eigenvalue weighted by molar-refractivity contribution is 7.09. The molecule has 1 amide bonds. The Labute approximate surface area is 232 Å². The molecule has 11 heteroatoms. The van der Waals surface area contributed by atoms with Crippen LogP contribution in [-0.2, 0) is 11.3 Å². The molecule has 39 heavy (non-hydrogen) atoms. The zero-order valence-corrected chi connectivity index (χ0v) is 23.0. The number of aliphatic hydroxyl groups excluding tert-OH is 1. The van der Waals surface area contributed by atoms with Gasteiger partial charge in [0.2, 0.25) is 11.5 Å². The Balaban J connectivity index is 1.67. The molecule has 1 N–H and O–H groups in total. The summed E-state index contributed by atoms with van der Waals surface area (Å²) in [5.74, 6) is -0.757. The highest BCUT2D eigenvalue weighted by Gasteiger charge is 2.45. The van der Waals surface area contributed by atoms with Crippen molar-refractivity contribution in [1.29, 1.82) is 0 Å². The van der Waals surface area contributed by atoms with Gasteiger partial charge >= 0.3 is 0 Å². The van der Waals surface area contributed by atoms with Gasteiger partial charge in [0, 0.05) is 21.4 Å². The molecule has 1 atom stereocenters. The van der Waals surface area contributed by atoms with Gasteiger partial charge < -0.3 is 33.4 Å². The summed E-state index contributed by atoms with van der Waals surface area (Å²) >= 11 is 7.65. The van der Waals surface area contributed by atoms with Crippen LogP contribution in [0.3, 0.4) is 0 Å². The lowest BCUT2D eigenvalue weighted by molar-refractivity contribution is -0.130. The number of carbonyl (C=O) groups is 2. The first-order valence-electron chi connectivity index (χ1n) is 11.7. The monoisotopic (exact) mass is 569 g/mol. The number of methoxy groups -OCH3 is 4. The summed E-state index contributed by atoms with van der Waals surface area (Å²) in [4.78, 5) is 29.7. The number of rotatable bonds is 9. The molecule has 5 rings (SSSR count). The van der Waals surface area contributed by atoms with Gasteiger partial charge in [0.15, 0.2) is 34.4 Å². The van der Waals surface area contributed by atoms with E-state index in [1.54, 1.807) is 24.3 Å². The van der Waals surface area contributed by atoms with Gasteiger partial charge in [0.1, 0.15) is 0 Å². The number of benzene rings is 2. The molecule has 0 radical (unpaired) electrons. The van der Waals surface area contributed by atoms with E-state index < -0.39 is 23.5 Å². The first kappa shape index (κ1) is 26.5. The number of ether oxygens (including phenoxy) is 4. The Kier molecular flexibility index (Phi) is 7.16. The van der Waals surface area contributed by atoms with E-state index in [2.05, 4.69) is 0 Å². The normalized spacial score (nSPS) is 15.3. The Morgan fingerprint density at radius 1 is 1.03 bits per heavy atom. The average molecular weight is 570 g/mol. The van der Waals surface area contributed by atoms with E-state index in [9.17, 15) is 14.7 Å². The van der Waals surface area contributed by atoms with Gasteiger partial charge in [-0.3, -0.25) is 9.59 Å². The maximum absolute atomic E-state index is 14.0. The molecule has 1 aliphatic heterocycles. The van der Waals surface area contributed by atoms with Crippen molar-refractivity contribution in [3.63, 3.8) is 0 Å². The van der Waals surface area contributed by atoms with E-state index in [-0.39, 0.29) is 17.9 Å². The molecule has 1 aliphatic rings. The van der Waals surface area contributed by atoms with Crippen molar-refractivity contribution >= 4 is 45.6 Å². The molecular weight excluding hydrogens is 546 g/mol. The van der Waals surface area contributed by atoms with Crippen molar-refractivity contribution in [2.75, 3.05) is 28.4 Å². The molecule has 0 bridgehead atoms. The summed E-state index contributed by atoms with van der Waals surface area (Å²) in [7, 11) is 5.88. The number of carbonyl (C=O) groups excluding carboxylic acids is 2. The van der Waals surface area contributed by atoms with Crippen molar-refractivity contribution in [3.8, 4) is 23.0 Å². The molecule has 4 aromatic rings. The smallest absolute Gasteiger partial charge is 0.290 e. The second kappa shape index (κ2) is 10.5. The van der Waals surface area contributed by atoms with Crippen LogP contribution in [0, 0.1) is 0 Å². The molecular formula is C28H24ClNO8S. The number of fused-ring (bicyclic) bond motifs is 1. The van der Waals surface area contributed by atoms with Crippen molar-refractivity contribution in [2.45, 2.75) is 12.6 Å². The number of nitrogens with zero attached hydrogens (tertiary/aromatic N) is 1. The predicted octanol–water partition coefficient (Wildman–Crippen LogP) is 5.96. The predicted molar refractivity (Wildman–Crippen MR) is 145 cm³/mol. The van der Waals surface area contributed by atoms with Crippen molar-refractivity contribution < 1.29 is 38.1 Å². The third-order valence-corrected chi connectivity index (χ3v) is 7.53. The molecule has 0 saturated heterocycles. The van der Waals surface area contributed by atoms with Crippen LogP contribution in [0.4, 0.5) is 0 Å². The standard InChI is InChI=1S/C28H24ClNO8S/c1-34-19-9-14(10-20(35-2)27(19)37-4)23-22(25(32)28(33)30(23)13-17-6-5-7-39-17)24(31)18-11-15-8-16(29)12-21(36-3)26(15)38-18/h5-12,23,32H,13H2,1-4H3. The topological polar surface area (TPSA) is 108 Å². The van der Waals surface area contributed by atoms with E-state index in [0.717, 1.165) is 4.88 Å². The molecule has 1 unspecified atom stereocenters. The fourth-order valence-corrected chi connectivity index (χ4v) is 5.63. The van der Waals surface area contributed by atoms with Gasteiger partial charge in [-0.05, 0) is 41.3 Å². The van der Waals surface area contributed by atoms with Gasteiger partial charge in [-0.1, -0.05) is 17.7 Å². The van der Waals surface area contributed by atoms with Gasteiger partial charge in [0.05, 0.1) is 46.6 Å². The number of Topliss-reactive ketones (excluding diaryl/α,β-unsaturated/α-hetero) is 1. The Hall–Kier alpha value is -4.15. The molecule has 0 saturated carbocycles. The van der Waals surface area contributed by atoms with Gasteiger partial charge in [-0.25, -0.2) is 0 Å². The maximum Gasteiger partial charge on any atom is 0.290 e. The van der Waals surface area contributed by atoms with Crippen LogP contribution in [0.25, 0.3) is 11.0 Å². The summed E-state index contributed by atoms with van der Waals surface area (Å²) < 4.78 is 27.7. The van der Waals surface area contributed by atoms with Crippen molar-refractivity contribution in [1.82, 2.24) is 4.90 Å². The molecule has 0 aliphatic carbocycles. The van der Waals surface area contributed by atoms with E-state index in [1.165, 1.54) is 50.7 Å². The lowest BCUT2D eigenvalue weighted by Crippen LogP contribution is -2.30. The molecule has 9 nitrogen and oxygen atoms in total. The minimum Gasteiger partial charge on any atom is -0.503 e. The summed E-state index contributed by atoms with van der Waals surface area (Å²) in [6, 6.07) is 10.7. The maximum atomic E-state index is 14.0. The van der Waals surface area contributed by atoms with Crippen LogP contribution >= 0.6 is 22.9 Å². The third-order valence-electron chi connectivity index (χ3n) is 6.45.